The van der Waals surface area contributed by atoms with Crippen molar-refractivity contribution in [1.82, 2.24) is 5.32 Å². The van der Waals surface area contributed by atoms with Crippen LogP contribution < -0.4 is 10.1 Å². The van der Waals surface area contributed by atoms with Crippen molar-refractivity contribution in [2.45, 2.75) is 6.04 Å². The Morgan fingerprint density at radius 3 is 1.88 bits per heavy atom. The van der Waals surface area contributed by atoms with Crippen molar-refractivity contribution in [2.24, 2.45) is 0 Å². The van der Waals surface area contributed by atoms with Gasteiger partial charge >= 0.3 is 5.97 Å². The highest BCUT2D eigenvalue weighted by Crippen LogP contribution is 2.27. The Kier molecular flexibility index (Phi) is 6.46. The molecule has 0 unspecified atom stereocenters. The van der Waals surface area contributed by atoms with Crippen LogP contribution in [0.2, 0.25) is 0 Å². The molecule has 1 N–H and O–H groups in total. The second-order valence-electron chi connectivity index (χ2n) is 7.30. The second-order valence-corrected chi connectivity index (χ2v) is 7.30. The number of esters is 1. The number of methoxy groups -OCH3 is 1. The summed E-state index contributed by atoms with van der Waals surface area (Å²) in [6.45, 7) is -0.398. The molecule has 0 heterocycles. The number of fused-ring (bicyclic) bond motifs is 1. The van der Waals surface area contributed by atoms with Crippen molar-refractivity contribution in [2.75, 3.05) is 13.7 Å². The molecule has 0 fully saturated rings. The number of ether oxygens (including phenoxy) is 2. The molecule has 1 amide bonds. The van der Waals surface area contributed by atoms with E-state index in [1.165, 1.54) is 7.11 Å². The van der Waals surface area contributed by atoms with Crippen LogP contribution >= 0.6 is 0 Å². The number of benzene rings is 4. The van der Waals surface area contributed by atoms with Gasteiger partial charge in [0.05, 0.1) is 13.2 Å². The smallest absolute Gasteiger partial charge is 0.342 e. The third kappa shape index (κ3) is 4.78. The summed E-state index contributed by atoms with van der Waals surface area (Å²) in [6.07, 6.45) is 0. The Balaban J connectivity index is 1.48. The highest BCUT2D eigenvalue weighted by Gasteiger charge is 2.20. The molecule has 4 rings (SSSR count). The molecule has 0 aliphatic carbocycles. The molecule has 0 saturated carbocycles. The van der Waals surface area contributed by atoms with Gasteiger partial charge in [0.25, 0.3) is 5.91 Å². The van der Waals surface area contributed by atoms with Gasteiger partial charge in [-0.3, -0.25) is 4.79 Å². The summed E-state index contributed by atoms with van der Waals surface area (Å²) in [5.74, 6) is -0.602. The SMILES string of the molecule is COc1cc2ccccc2cc1C(=O)OCC(=O)NC(c1ccccc1)c1ccccc1. The number of hydrogen-bond acceptors (Lipinski definition) is 4. The third-order valence-corrected chi connectivity index (χ3v) is 5.19. The molecular weight excluding hydrogens is 402 g/mol. The fourth-order valence-electron chi connectivity index (χ4n) is 3.61. The molecular formula is C27H23NO4. The summed E-state index contributed by atoms with van der Waals surface area (Å²) in [5, 5.41) is 4.81. The van der Waals surface area contributed by atoms with Crippen LogP contribution in [-0.2, 0) is 9.53 Å². The first-order valence-corrected chi connectivity index (χ1v) is 10.3. The minimum Gasteiger partial charge on any atom is -0.496 e. The zero-order valence-electron chi connectivity index (χ0n) is 17.7. The number of nitrogens with one attached hydrogen (secondary N) is 1. The predicted molar refractivity (Wildman–Crippen MR) is 124 cm³/mol. The first kappa shape index (κ1) is 21.1. The van der Waals surface area contributed by atoms with Crippen LogP contribution in [0.15, 0.2) is 97.1 Å². The normalized spacial score (nSPS) is 10.7. The monoisotopic (exact) mass is 425 g/mol. The third-order valence-electron chi connectivity index (χ3n) is 5.19. The van der Waals surface area contributed by atoms with E-state index >= 15 is 0 Å². The van der Waals surface area contributed by atoms with E-state index < -0.39 is 18.5 Å². The number of rotatable bonds is 7. The van der Waals surface area contributed by atoms with E-state index in [1.807, 2.05) is 84.9 Å². The van der Waals surface area contributed by atoms with Crippen molar-refractivity contribution in [3.63, 3.8) is 0 Å². The molecule has 0 aromatic heterocycles. The summed E-state index contributed by atoms with van der Waals surface area (Å²) >= 11 is 0. The lowest BCUT2D eigenvalue weighted by molar-refractivity contribution is -0.124. The van der Waals surface area contributed by atoms with Crippen LogP contribution in [0.5, 0.6) is 5.75 Å². The lowest BCUT2D eigenvalue weighted by Gasteiger charge is -2.20. The van der Waals surface area contributed by atoms with Crippen molar-refractivity contribution < 1.29 is 19.1 Å². The average molecular weight is 425 g/mol. The predicted octanol–water partition coefficient (Wildman–Crippen LogP) is 4.91. The lowest BCUT2D eigenvalue weighted by atomic mass is 9.99. The summed E-state index contributed by atoms with van der Waals surface area (Å²) in [6, 6.07) is 30.1. The first-order chi connectivity index (χ1) is 15.7. The first-order valence-electron chi connectivity index (χ1n) is 10.3. The van der Waals surface area contributed by atoms with Gasteiger partial charge in [-0.05, 0) is 34.0 Å². The Bertz CT molecular complexity index is 1180. The summed E-state index contributed by atoms with van der Waals surface area (Å²) in [7, 11) is 1.50. The molecule has 0 saturated heterocycles. The van der Waals surface area contributed by atoms with Crippen LogP contribution in [0.25, 0.3) is 10.8 Å². The molecule has 4 aromatic rings. The van der Waals surface area contributed by atoms with E-state index in [2.05, 4.69) is 5.32 Å². The molecule has 0 bridgehead atoms. The van der Waals surface area contributed by atoms with Crippen molar-refractivity contribution in [1.29, 1.82) is 0 Å². The molecule has 0 atom stereocenters. The molecule has 5 heteroatoms. The Morgan fingerprint density at radius 2 is 1.31 bits per heavy atom. The Labute approximate surface area is 186 Å². The zero-order chi connectivity index (χ0) is 22.3. The highest BCUT2D eigenvalue weighted by atomic mass is 16.5. The van der Waals surface area contributed by atoms with Crippen LogP contribution in [-0.4, -0.2) is 25.6 Å². The fraction of sp³-hybridized carbons (Fsp3) is 0.111. The molecule has 32 heavy (non-hydrogen) atoms. The van der Waals surface area contributed by atoms with Crippen molar-refractivity contribution in [3.8, 4) is 5.75 Å². The van der Waals surface area contributed by atoms with Gasteiger partial charge < -0.3 is 14.8 Å². The Hall–Kier alpha value is -4.12. The quantitative estimate of drug-likeness (QED) is 0.427. The molecule has 0 aliphatic heterocycles. The van der Waals surface area contributed by atoms with Crippen molar-refractivity contribution >= 4 is 22.6 Å². The van der Waals surface area contributed by atoms with Crippen LogP contribution in [0.3, 0.4) is 0 Å². The Morgan fingerprint density at radius 1 is 0.781 bits per heavy atom. The van der Waals surface area contributed by atoms with Gasteiger partial charge in [-0.25, -0.2) is 4.79 Å². The lowest BCUT2D eigenvalue weighted by Crippen LogP contribution is -2.33. The molecule has 4 aromatic carbocycles. The van der Waals surface area contributed by atoms with Crippen LogP contribution in [0, 0.1) is 0 Å². The number of carbonyl (C=O) groups excluding carboxylic acids is 2. The zero-order valence-corrected chi connectivity index (χ0v) is 17.7. The molecule has 0 radical (unpaired) electrons. The van der Waals surface area contributed by atoms with Crippen LogP contribution in [0.1, 0.15) is 27.5 Å². The van der Waals surface area contributed by atoms with E-state index in [9.17, 15) is 9.59 Å². The van der Waals surface area contributed by atoms with Crippen molar-refractivity contribution in [3.05, 3.63) is 114 Å². The number of amides is 1. The summed E-state index contributed by atoms with van der Waals surface area (Å²) < 4.78 is 10.7. The minimum atomic E-state index is -0.612. The summed E-state index contributed by atoms with van der Waals surface area (Å²) in [5.41, 5.74) is 2.16. The molecule has 160 valence electrons. The maximum atomic E-state index is 12.7. The van der Waals surface area contributed by atoms with E-state index in [4.69, 9.17) is 9.47 Å². The maximum Gasteiger partial charge on any atom is 0.342 e. The van der Waals surface area contributed by atoms with E-state index in [-0.39, 0.29) is 11.6 Å². The van der Waals surface area contributed by atoms with Gasteiger partial charge in [0, 0.05) is 0 Å². The largest absolute Gasteiger partial charge is 0.496 e. The van der Waals surface area contributed by atoms with Gasteiger partial charge in [0.1, 0.15) is 11.3 Å². The van der Waals surface area contributed by atoms with E-state index in [1.54, 1.807) is 12.1 Å². The molecule has 0 aliphatic rings. The molecule has 0 spiro atoms. The van der Waals surface area contributed by atoms with Gasteiger partial charge in [0.15, 0.2) is 6.61 Å². The van der Waals surface area contributed by atoms with E-state index in [0.29, 0.717) is 5.75 Å². The van der Waals surface area contributed by atoms with E-state index in [0.717, 1.165) is 21.9 Å². The van der Waals surface area contributed by atoms with Crippen LogP contribution in [0.4, 0.5) is 0 Å². The standard InChI is InChI=1S/C27H23NO4/c1-31-24-17-22-15-9-8-14-21(22)16-23(24)27(30)32-18-25(29)28-26(19-10-4-2-5-11-19)20-12-6-3-7-13-20/h2-17,26H,18H2,1H3,(H,28,29). The number of hydrogen-bond donors (Lipinski definition) is 1. The summed E-state index contributed by atoms with van der Waals surface area (Å²) in [4.78, 5) is 25.4. The molecule has 5 nitrogen and oxygen atoms in total. The fourth-order valence-corrected chi connectivity index (χ4v) is 3.61. The van der Waals surface area contributed by atoms with Gasteiger partial charge in [-0.15, -0.1) is 0 Å². The van der Waals surface area contributed by atoms with Gasteiger partial charge in [0.2, 0.25) is 0 Å². The maximum absolute atomic E-state index is 12.7. The van der Waals surface area contributed by atoms with Gasteiger partial charge in [-0.1, -0.05) is 84.9 Å². The number of carbonyl (C=O) groups is 2. The minimum absolute atomic E-state index is 0.279. The second kappa shape index (κ2) is 9.79. The average Bonchev–Trinajstić information content (AvgIpc) is 2.86. The highest BCUT2D eigenvalue weighted by molar-refractivity contribution is 5.99. The topological polar surface area (TPSA) is 64.6 Å². The van der Waals surface area contributed by atoms with Gasteiger partial charge in [-0.2, -0.15) is 0 Å².